The summed E-state index contributed by atoms with van der Waals surface area (Å²) >= 11 is 0. The molecule has 0 unspecified atom stereocenters. The van der Waals surface area contributed by atoms with Gasteiger partial charge < -0.3 is 5.73 Å². The summed E-state index contributed by atoms with van der Waals surface area (Å²) in [5.41, 5.74) is 5.27. The van der Waals surface area contributed by atoms with E-state index in [1.54, 1.807) is 0 Å². The molecule has 1 nitrogen and oxygen atoms in total. The molecule has 0 rings (SSSR count). The minimum atomic E-state index is 0.833. The molecule has 14 heavy (non-hydrogen) atoms. The maximum atomic E-state index is 5.27. The third-order valence-electron chi connectivity index (χ3n) is 1.06. The van der Waals surface area contributed by atoms with Gasteiger partial charge in [0.15, 0.2) is 0 Å². The van der Waals surface area contributed by atoms with Gasteiger partial charge in [0.05, 0.1) is 0 Å². The summed E-state index contributed by atoms with van der Waals surface area (Å²) in [4.78, 5) is 0. The molecule has 0 aliphatic carbocycles. The van der Waals surface area contributed by atoms with Crippen molar-refractivity contribution >= 4 is 0 Å². The van der Waals surface area contributed by atoms with E-state index in [2.05, 4.69) is 41.5 Å². The number of rotatable bonds is 4. The van der Waals surface area contributed by atoms with Gasteiger partial charge in [0.1, 0.15) is 0 Å². The van der Waals surface area contributed by atoms with Crippen molar-refractivity contribution < 1.29 is 0 Å². The summed E-state index contributed by atoms with van der Waals surface area (Å²) in [5, 5.41) is 0. The summed E-state index contributed by atoms with van der Waals surface area (Å²) in [7, 11) is 0. The Hall–Kier alpha value is -0.0400. The van der Waals surface area contributed by atoms with Crippen molar-refractivity contribution in [1.82, 2.24) is 0 Å². The van der Waals surface area contributed by atoms with Gasteiger partial charge in [0, 0.05) is 0 Å². The van der Waals surface area contributed by atoms with Gasteiger partial charge >= 0.3 is 0 Å². The molecule has 0 atom stereocenters. The summed E-state index contributed by atoms with van der Waals surface area (Å²) in [6, 6.07) is 0. The molecule has 0 amide bonds. The Labute approximate surface area is 92.5 Å². The molecular formula is C13H33N. The first-order chi connectivity index (χ1) is 6.56. The van der Waals surface area contributed by atoms with Gasteiger partial charge in [0.2, 0.25) is 0 Å². The second-order valence-corrected chi connectivity index (χ2v) is 4.29. The van der Waals surface area contributed by atoms with Gasteiger partial charge in [0.25, 0.3) is 0 Å². The van der Waals surface area contributed by atoms with Crippen molar-refractivity contribution in [1.29, 1.82) is 0 Å². The lowest BCUT2D eigenvalue weighted by Gasteiger charge is -1.90. The molecule has 0 saturated carbocycles. The molecular weight excluding hydrogens is 170 g/mol. The van der Waals surface area contributed by atoms with Crippen LogP contribution in [-0.2, 0) is 0 Å². The van der Waals surface area contributed by atoms with Crippen LogP contribution in [0.5, 0.6) is 0 Å². The predicted molar refractivity (Wildman–Crippen MR) is 69.7 cm³/mol. The first-order valence-electron chi connectivity index (χ1n) is 6.26. The van der Waals surface area contributed by atoms with Crippen LogP contribution in [0.3, 0.4) is 0 Å². The van der Waals surface area contributed by atoms with Crippen molar-refractivity contribution in [3.8, 4) is 0 Å². The molecule has 0 spiro atoms. The highest BCUT2D eigenvalue weighted by molar-refractivity contribution is 4.38. The van der Waals surface area contributed by atoms with Gasteiger partial charge in [-0.3, -0.25) is 0 Å². The predicted octanol–water partition coefficient (Wildman–Crippen LogP) is 4.60. The molecule has 0 aliphatic heterocycles. The zero-order valence-corrected chi connectivity index (χ0v) is 11.4. The van der Waals surface area contributed by atoms with E-state index in [9.17, 15) is 0 Å². The second kappa shape index (κ2) is 23.1. The summed E-state index contributed by atoms with van der Waals surface area (Å²) in [6.07, 6.45) is 6.41. The number of unbranched alkanes of at least 4 members (excludes halogenated alkanes) is 3. The van der Waals surface area contributed by atoms with Gasteiger partial charge in [-0.15, -0.1) is 0 Å². The Kier molecular flexibility index (Phi) is 32.2. The summed E-state index contributed by atoms with van der Waals surface area (Å²) in [5.74, 6) is 0.833. The molecule has 0 fully saturated rings. The van der Waals surface area contributed by atoms with Crippen molar-refractivity contribution in [2.45, 2.75) is 73.6 Å². The van der Waals surface area contributed by atoms with Crippen LogP contribution >= 0.6 is 0 Å². The fraction of sp³-hybridized carbons (Fsp3) is 1.00. The van der Waals surface area contributed by atoms with Crippen molar-refractivity contribution in [2.24, 2.45) is 11.7 Å². The van der Waals surface area contributed by atoms with Crippen LogP contribution in [0.15, 0.2) is 0 Å². The molecule has 0 aliphatic rings. The van der Waals surface area contributed by atoms with E-state index >= 15 is 0 Å². The van der Waals surface area contributed by atoms with E-state index in [0.717, 1.165) is 12.5 Å². The average Bonchev–Trinajstić information content (AvgIpc) is 2.06. The van der Waals surface area contributed by atoms with Crippen LogP contribution in [0, 0.1) is 5.92 Å². The van der Waals surface area contributed by atoms with E-state index in [0.29, 0.717) is 0 Å². The summed E-state index contributed by atoms with van der Waals surface area (Å²) < 4.78 is 0. The van der Waals surface area contributed by atoms with Gasteiger partial charge in [-0.05, 0) is 18.9 Å². The standard InChI is InChI=1S/C6H15N.C4H10.C3H8/c1-2-3-4-5-6-7;1-4(2)3;1-3-2/h2-7H2,1H3;4H,1-3H3;3H2,1-2H3. The normalized spacial score (nSPS) is 8.57. The van der Waals surface area contributed by atoms with Crippen LogP contribution in [0.25, 0.3) is 0 Å². The average molecular weight is 203 g/mol. The highest BCUT2D eigenvalue weighted by atomic mass is 14.5. The molecule has 0 heterocycles. The van der Waals surface area contributed by atoms with Crippen LogP contribution in [0.2, 0.25) is 0 Å². The Morgan fingerprint density at radius 3 is 1.43 bits per heavy atom. The van der Waals surface area contributed by atoms with Crippen molar-refractivity contribution in [2.75, 3.05) is 6.54 Å². The third-order valence-corrected chi connectivity index (χ3v) is 1.06. The third kappa shape index (κ3) is 91.6. The lowest BCUT2D eigenvalue weighted by molar-refractivity contribution is 0.674. The van der Waals surface area contributed by atoms with Gasteiger partial charge in [-0.1, -0.05) is 67.2 Å². The molecule has 2 N–H and O–H groups in total. The highest BCUT2D eigenvalue weighted by Gasteiger charge is 1.80. The van der Waals surface area contributed by atoms with E-state index in [1.165, 1.54) is 32.1 Å². The first-order valence-corrected chi connectivity index (χ1v) is 6.26. The number of nitrogens with two attached hydrogens (primary N) is 1. The molecule has 0 radical (unpaired) electrons. The highest BCUT2D eigenvalue weighted by Crippen LogP contribution is 1.95. The molecule has 0 bridgehead atoms. The lowest BCUT2D eigenvalue weighted by Crippen LogP contribution is -1.97. The van der Waals surface area contributed by atoms with E-state index in [-0.39, 0.29) is 0 Å². The van der Waals surface area contributed by atoms with E-state index in [4.69, 9.17) is 5.73 Å². The monoisotopic (exact) mass is 203 g/mol. The zero-order valence-electron chi connectivity index (χ0n) is 11.4. The number of hydrogen-bond acceptors (Lipinski definition) is 1. The van der Waals surface area contributed by atoms with E-state index < -0.39 is 0 Å². The van der Waals surface area contributed by atoms with Crippen molar-refractivity contribution in [3.05, 3.63) is 0 Å². The fourth-order valence-corrected chi connectivity index (χ4v) is 0.571. The Morgan fingerprint density at radius 2 is 1.21 bits per heavy atom. The Morgan fingerprint density at radius 1 is 0.857 bits per heavy atom. The minimum absolute atomic E-state index is 0.833. The zero-order chi connectivity index (χ0) is 11.8. The Bertz CT molecular complexity index is 53.5. The van der Waals surface area contributed by atoms with Crippen LogP contribution < -0.4 is 5.73 Å². The van der Waals surface area contributed by atoms with Crippen LogP contribution in [0.1, 0.15) is 73.6 Å². The van der Waals surface area contributed by atoms with E-state index in [1.807, 2.05) is 0 Å². The SMILES string of the molecule is CC(C)C.CCC.CCCCCCN. The quantitative estimate of drug-likeness (QED) is 0.664. The largest absolute Gasteiger partial charge is 0.330 e. The molecule has 90 valence electrons. The lowest BCUT2D eigenvalue weighted by atomic mass is 10.2. The number of hydrogen-bond donors (Lipinski definition) is 1. The van der Waals surface area contributed by atoms with Gasteiger partial charge in [-0.25, -0.2) is 0 Å². The smallest absolute Gasteiger partial charge is 0.00773 e. The first kappa shape index (κ1) is 19.5. The maximum absolute atomic E-state index is 5.27. The van der Waals surface area contributed by atoms with Gasteiger partial charge in [-0.2, -0.15) is 0 Å². The second-order valence-electron chi connectivity index (χ2n) is 4.29. The molecule has 0 aromatic heterocycles. The molecule has 0 aromatic carbocycles. The fourth-order valence-electron chi connectivity index (χ4n) is 0.571. The maximum Gasteiger partial charge on any atom is -0.00773 e. The Balaban J connectivity index is -0.000000147. The van der Waals surface area contributed by atoms with Crippen LogP contribution in [0.4, 0.5) is 0 Å². The van der Waals surface area contributed by atoms with Crippen molar-refractivity contribution in [3.63, 3.8) is 0 Å². The topological polar surface area (TPSA) is 26.0 Å². The molecule has 1 heteroatoms. The molecule has 0 saturated heterocycles. The summed E-state index contributed by atoms with van der Waals surface area (Å²) in [6.45, 7) is 13.8. The van der Waals surface area contributed by atoms with Crippen LogP contribution in [-0.4, -0.2) is 6.54 Å². The molecule has 0 aromatic rings. The minimum Gasteiger partial charge on any atom is -0.330 e.